The third-order valence-corrected chi connectivity index (χ3v) is 4.86. The lowest BCUT2D eigenvalue weighted by atomic mass is 10.2. The zero-order chi connectivity index (χ0) is 15.3. The molecule has 22 heavy (non-hydrogen) atoms. The van der Waals surface area contributed by atoms with Gasteiger partial charge in [-0.25, -0.2) is 4.98 Å². The van der Waals surface area contributed by atoms with Crippen LogP contribution < -0.4 is 4.90 Å². The van der Waals surface area contributed by atoms with Gasteiger partial charge >= 0.3 is 0 Å². The molecule has 2 fully saturated rings. The number of piperidine rings is 1. The summed E-state index contributed by atoms with van der Waals surface area (Å²) in [6.45, 7) is 6.58. The normalized spacial score (nSPS) is 22.7. The number of fused-ring (bicyclic) bond motifs is 1. The van der Waals surface area contributed by atoms with Gasteiger partial charge in [-0.3, -0.25) is 9.48 Å². The van der Waals surface area contributed by atoms with E-state index in [0.717, 1.165) is 42.0 Å². The van der Waals surface area contributed by atoms with Gasteiger partial charge < -0.3 is 4.90 Å². The molecule has 1 aliphatic carbocycles. The van der Waals surface area contributed by atoms with E-state index in [0.29, 0.717) is 12.1 Å². The second-order valence-electron chi connectivity index (χ2n) is 6.56. The maximum Gasteiger partial charge on any atom is 0.162 e. The first-order valence-electron chi connectivity index (χ1n) is 7.85. The molecule has 4 rings (SSSR count). The quantitative estimate of drug-likeness (QED) is 0.812. The smallest absolute Gasteiger partial charge is 0.162 e. The van der Waals surface area contributed by atoms with Gasteiger partial charge in [0.15, 0.2) is 5.78 Å². The number of rotatable bonds is 4. The molecule has 114 valence electrons. The van der Waals surface area contributed by atoms with E-state index in [-0.39, 0.29) is 5.78 Å². The molecule has 0 radical (unpaired) electrons. The molecule has 5 nitrogen and oxygen atoms in total. The van der Waals surface area contributed by atoms with Crippen molar-refractivity contribution in [1.82, 2.24) is 14.8 Å². The first-order chi connectivity index (χ1) is 10.6. The van der Waals surface area contributed by atoms with Crippen LogP contribution in [0, 0.1) is 18.8 Å². The number of aromatic nitrogens is 3. The van der Waals surface area contributed by atoms with Crippen LogP contribution in [-0.2, 0) is 6.54 Å². The number of hydrogen-bond acceptors (Lipinski definition) is 4. The van der Waals surface area contributed by atoms with E-state index in [1.807, 2.05) is 6.92 Å². The van der Waals surface area contributed by atoms with Crippen LogP contribution in [0.25, 0.3) is 0 Å². The highest BCUT2D eigenvalue weighted by Gasteiger charge is 2.45. The Morgan fingerprint density at radius 3 is 2.73 bits per heavy atom. The highest BCUT2D eigenvalue weighted by molar-refractivity contribution is 5.93. The van der Waals surface area contributed by atoms with Crippen molar-refractivity contribution in [2.45, 2.75) is 26.8 Å². The molecule has 0 amide bonds. The van der Waals surface area contributed by atoms with Gasteiger partial charge in [-0.1, -0.05) is 6.07 Å². The molecule has 0 spiro atoms. The Kier molecular flexibility index (Phi) is 3.03. The molecule has 1 aliphatic heterocycles. The standard InChI is InChI=1S/C17H20N4O/c1-11-13(9-21-10-16(6-18-21)12(2)22)3-4-17(19-11)20-7-14-5-15(14)8-20/h3-4,6,10,14-15H,5,7-9H2,1-2H3. The van der Waals surface area contributed by atoms with Gasteiger partial charge in [0.2, 0.25) is 0 Å². The van der Waals surface area contributed by atoms with Crippen molar-refractivity contribution in [2.75, 3.05) is 18.0 Å². The predicted octanol–water partition coefficient (Wildman–Crippen LogP) is 2.29. The van der Waals surface area contributed by atoms with Crippen molar-refractivity contribution in [1.29, 1.82) is 0 Å². The van der Waals surface area contributed by atoms with Gasteiger partial charge in [0.05, 0.1) is 18.3 Å². The minimum absolute atomic E-state index is 0.0454. The average Bonchev–Trinajstić information content (AvgIpc) is 2.89. The van der Waals surface area contributed by atoms with Gasteiger partial charge in [-0.15, -0.1) is 0 Å². The SMILES string of the molecule is CC(=O)c1cnn(Cc2ccc(N3CC4CC4C3)nc2C)c1. The summed E-state index contributed by atoms with van der Waals surface area (Å²) in [6, 6.07) is 4.25. The molecule has 2 aromatic heterocycles. The molecule has 1 saturated heterocycles. The van der Waals surface area contributed by atoms with Crippen LogP contribution >= 0.6 is 0 Å². The van der Waals surface area contributed by atoms with E-state index in [1.54, 1.807) is 24.0 Å². The molecule has 2 unspecified atom stereocenters. The minimum Gasteiger partial charge on any atom is -0.356 e. The zero-order valence-corrected chi connectivity index (χ0v) is 13.0. The fraction of sp³-hybridized carbons (Fsp3) is 0.471. The molecule has 5 heteroatoms. The summed E-state index contributed by atoms with van der Waals surface area (Å²) in [5.74, 6) is 2.97. The van der Waals surface area contributed by atoms with Gasteiger partial charge in [-0.05, 0) is 43.7 Å². The van der Waals surface area contributed by atoms with E-state index in [2.05, 4.69) is 22.1 Å². The summed E-state index contributed by atoms with van der Waals surface area (Å²) in [6.07, 6.45) is 4.82. The van der Waals surface area contributed by atoms with E-state index in [9.17, 15) is 4.79 Å². The summed E-state index contributed by atoms with van der Waals surface area (Å²) in [4.78, 5) is 18.5. The lowest BCUT2D eigenvalue weighted by Crippen LogP contribution is -2.23. The van der Waals surface area contributed by atoms with E-state index >= 15 is 0 Å². The second kappa shape index (κ2) is 4.93. The average molecular weight is 296 g/mol. The van der Waals surface area contributed by atoms with E-state index in [1.165, 1.54) is 6.42 Å². The summed E-state index contributed by atoms with van der Waals surface area (Å²) >= 11 is 0. The number of carbonyl (C=O) groups is 1. The number of ketones is 1. The summed E-state index contributed by atoms with van der Waals surface area (Å²) in [5, 5.41) is 4.25. The van der Waals surface area contributed by atoms with Crippen molar-refractivity contribution < 1.29 is 4.79 Å². The van der Waals surface area contributed by atoms with Crippen LogP contribution in [0.2, 0.25) is 0 Å². The lowest BCUT2D eigenvalue weighted by molar-refractivity contribution is 0.101. The molecule has 1 saturated carbocycles. The predicted molar refractivity (Wildman–Crippen MR) is 84.1 cm³/mol. The second-order valence-corrected chi connectivity index (χ2v) is 6.56. The highest BCUT2D eigenvalue weighted by Crippen LogP contribution is 2.45. The summed E-state index contributed by atoms with van der Waals surface area (Å²) < 4.78 is 1.80. The third kappa shape index (κ3) is 2.40. The molecule has 2 atom stereocenters. The van der Waals surface area contributed by atoms with Crippen LogP contribution in [0.1, 0.15) is 35.0 Å². The Bertz CT molecular complexity index is 726. The topological polar surface area (TPSA) is 51.0 Å². The van der Waals surface area contributed by atoms with Crippen molar-refractivity contribution in [3.8, 4) is 0 Å². The molecule has 0 aromatic carbocycles. The highest BCUT2D eigenvalue weighted by atomic mass is 16.1. The maximum atomic E-state index is 11.3. The number of pyridine rings is 1. The van der Waals surface area contributed by atoms with Gasteiger partial charge in [-0.2, -0.15) is 5.10 Å². The van der Waals surface area contributed by atoms with E-state index < -0.39 is 0 Å². The maximum absolute atomic E-state index is 11.3. The van der Waals surface area contributed by atoms with Crippen molar-refractivity contribution in [3.05, 3.63) is 41.3 Å². The van der Waals surface area contributed by atoms with Crippen molar-refractivity contribution in [2.24, 2.45) is 11.8 Å². The summed E-state index contributed by atoms with van der Waals surface area (Å²) in [7, 11) is 0. The Morgan fingerprint density at radius 2 is 2.09 bits per heavy atom. The monoisotopic (exact) mass is 296 g/mol. The molecule has 0 N–H and O–H groups in total. The van der Waals surface area contributed by atoms with Crippen molar-refractivity contribution in [3.63, 3.8) is 0 Å². The van der Waals surface area contributed by atoms with Gasteiger partial charge in [0.25, 0.3) is 0 Å². The molecule has 3 heterocycles. The number of aryl methyl sites for hydroxylation is 1. The largest absolute Gasteiger partial charge is 0.356 e. The van der Waals surface area contributed by atoms with Crippen LogP contribution in [0.15, 0.2) is 24.5 Å². The van der Waals surface area contributed by atoms with Crippen LogP contribution in [0.3, 0.4) is 0 Å². The van der Waals surface area contributed by atoms with Crippen molar-refractivity contribution >= 4 is 11.6 Å². The Hall–Kier alpha value is -2.17. The van der Waals surface area contributed by atoms with Crippen LogP contribution in [-0.4, -0.2) is 33.6 Å². The van der Waals surface area contributed by atoms with Crippen LogP contribution in [0.5, 0.6) is 0 Å². The minimum atomic E-state index is 0.0454. The number of anilines is 1. The fourth-order valence-corrected chi connectivity index (χ4v) is 3.31. The third-order valence-electron chi connectivity index (χ3n) is 4.86. The summed E-state index contributed by atoms with van der Waals surface area (Å²) in [5.41, 5.74) is 2.84. The number of nitrogens with zero attached hydrogens (tertiary/aromatic N) is 4. The molecule has 2 aliphatic rings. The first kappa shape index (κ1) is 13.5. The molecule has 2 aromatic rings. The number of hydrogen-bond donors (Lipinski definition) is 0. The Morgan fingerprint density at radius 1 is 1.32 bits per heavy atom. The number of Topliss-reactive ketones (excluding diaryl/α,β-unsaturated/α-hetero) is 1. The lowest BCUT2D eigenvalue weighted by Gasteiger charge is -2.20. The van der Waals surface area contributed by atoms with E-state index in [4.69, 9.17) is 4.98 Å². The Balaban J connectivity index is 1.50. The number of carbonyl (C=O) groups excluding carboxylic acids is 1. The zero-order valence-electron chi connectivity index (χ0n) is 13.0. The molecular weight excluding hydrogens is 276 g/mol. The first-order valence-corrected chi connectivity index (χ1v) is 7.85. The molecular formula is C17H20N4O. The van der Waals surface area contributed by atoms with Crippen LogP contribution in [0.4, 0.5) is 5.82 Å². The molecule has 0 bridgehead atoms. The Labute approximate surface area is 130 Å². The fourth-order valence-electron chi connectivity index (χ4n) is 3.31. The van der Waals surface area contributed by atoms with Gasteiger partial charge in [0.1, 0.15) is 5.82 Å². The van der Waals surface area contributed by atoms with Gasteiger partial charge in [0, 0.05) is 25.0 Å².